The molecule has 1 aromatic carbocycles. The molecular formula is C13H19N3O4. The maximum Gasteiger partial charge on any atom is 0.335 e. The van der Waals surface area contributed by atoms with Crippen molar-refractivity contribution in [1.29, 1.82) is 0 Å². The Hall–Kier alpha value is -2.15. The van der Waals surface area contributed by atoms with E-state index in [0.29, 0.717) is 6.54 Å². The number of aromatic carboxylic acids is 1. The third-order valence-electron chi connectivity index (χ3n) is 2.79. The van der Waals surface area contributed by atoms with E-state index in [0.717, 1.165) is 19.4 Å². The van der Waals surface area contributed by atoms with Gasteiger partial charge in [0.15, 0.2) is 0 Å². The minimum absolute atomic E-state index is 0.0337. The molecule has 0 aliphatic heterocycles. The van der Waals surface area contributed by atoms with Crippen molar-refractivity contribution in [2.45, 2.75) is 12.8 Å². The normalized spacial score (nSPS) is 10.6. The maximum atomic E-state index is 10.9. The third kappa shape index (κ3) is 4.85. The van der Waals surface area contributed by atoms with E-state index in [-0.39, 0.29) is 16.9 Å². The fourth-order valence-electron chi connectivity index (χ4n) is 1.75. The summed E-state index contributed by atoms with van der Waals surface area (Å²) in [6.45, 7) is 1.51. The molecule has 0 bridgehead atoms. The van der Waals surface area contributed by atoms with Crippen LogP contribution in [0.4, 0.5) is 11.4 Å². The summed E-state index contributed by atoms with van der Waals surface area (Å²) >= 11 is 0. The predicted octanol–water partition coefficient (Wildman–Crippen LogP) is 2.05. The number of nitrogens with one attached hydrogen (secondary N) is 1. The van der Waals surface area contributed by atoms with Gasteiger partial charge in [0.1, 0.15) is 5.69 Å². The average Bonchev–Trinajstić information content (AvgIpc) is 2.37. The summed E-state index contributed by atoms with van der Waals surface area (Å²) in [5.74, 6) is -1.10. The number of rotatable bonds is 8. The summed E-state index contributed by atoms with van der Waals surface area (Å²) < 4.78 is 0. The first-order chi connectivity index (χ1) is 9.41. The molecule has 7 heteroatoms. The van der Waals surface area contributed by atoms with Gasteiger partial charge in [-0.2, -0.15) is 0 Å². The van der Waals surface area contributed by atoms with Crippen LogP contribution in [-0.2, 0) is 0 Å². The molecular weight excluding hydrogens is 262 g/mol. The molecule has 0 aliphatic carbocycles. The second kappa shape index (κ2) is 7.44. The topological polar surface area (TPSA) is 95.7 Å². The molecule has 0 spiro atoms. The molecule has 0 saturated carbocycles. The number of nitrogens with zero attached hydrogens (tertiary/aromatic N) is 2. The van der Waals surface area contributed by atoms with Gasteiger partial charge in [-0.25, -0.2) is 4.79 Å². The fraction of sp³-hybridized carbons (Fsp3) is 0.462. The summed E-state index contributed by atoms with van der Waals surface area (Å²) in [5.41, 5.74) is 0.175. The van der Waals surface area contributed by atoms with Gasteiger partial charge < -0.3 is 15.3 Å². The molecule has 0 radical (unpaired) electrons. The lowest BCUT2D eigenvalue weighted by Gasteiger charge is -2.10. The molecule has 0 atom stereocenters. The summed E-state index contributed by atoms with van der Waals surface area (Å²) in [7, 11) is 3.96. The summed E-state index contributed by atoms with van der Waals surface area (Å²) in [5, 5.41) is 22.7. The van der Waals surface area contributed by atoms with Crippen LogP contribution in [0.5, 0.6) is 0 Å². The Kier molecular flexibility index (Phi) is 5.92. The first-order valence-corrected chi connectivity index (χ1v) is 6.32. The second-order valence-corrected chi connectivity index (χ2v) is 4.73. The summed E-state index contributed by atoms with van der Waals surface area (Å²) in [4.78, 5) is 23.3. The summed E-state index contributed by atoms with van der Waals surface area (Å²) in [6.07, 6.45) is 1.82. The van der Waals surface area contributed by atoms with E-state index >= 15 is 0 Å². The van der Waals surface area contributed by atoms with E-state index in [4.69, 9.17) is 5.11 Å². The first kappa shape index (κ1) is 15.9. The van der Waals surface area contributed by atoms with E-state index in [1.54, 1.807) is 0 Å². The van der Waals surface area contributed by atoms with Crippen LogP contribution in [0.3, 0.4) is 0 Å². The van der Waals surface area contributed by atoms with Crippen molar-refractivity contribution < 1.29 is 14.8 Å². The van der Waals surface area contributed by atoms with Crippen molar-refractivity contribution >= 4 is 17.3 Å². The Morgan fingerprint density at radius 2 is 2.10 bits per heavy atom. The highest BCUT2D eigenvalue weighted by atomic mass is 16.6. The largest absolute Gasteiger partial charge is 0.478 e. The number of carboxylic acid groups (broad SMARTS) is 1. The van der Waals surface area contributed by atoms with Crippen molar-refractivity contribution in [2.75, 3.05) is 32.5 Å². The summed E-state index contributed by atoms with van der Waals surface area (Å²) in [6, 6.07) is 3.75. The zero-order valence-electron chi connectivity index (χ0n) is 11.6. The van der Waals surface area contributed by atoms with Crippen LogP contribution in [0.15, 0.2) is 18.2 Å². The zero-order chi connectivity index (χ0) is 15.1. The molecule has 0 aliphatic rings. The number of benzene rings is 1. The SMILES string of the molecule is CN(C)CCCCNc1cc(C(=O)O)ccc1[N+](=O)[O-]. The van der Waals surface area contributed by atoms with E-state index in [1.807, 2.05) is 14.1 Å². The maximum absolute atomic E-state index is 10.9. The van der Waals surface area contributed by atoms with Crippen LogP contribution < -0.4 is 5.32 Å². The standard InChI is InChI=1S/C13H19N3O4/c1-15(2)8-4-3-7-14-11-9-10(13(17)18)5-6-12(11)16(19)20/h5-6,9,14H,3-4,7-8H2,1-2H3,(H,17,18). The van der Waals surface area contributed by atoms with Crippen molar-refractivity contribution in [2.24, 2.45) is 0 Å². The number of unbranched alkanes of at least 4 members (excludes halogenated alkanes) is 1. The van der Waals surface area contributed by atoms with Crippen LogP contribution in [0, 0.1) is 10.1 Å². The average molecular weight is 281 g/mol. The molecule has 2 N–H and O–H groups in total. The van der Waals surface area contributed by atoms with Gasteiger partial charge >= 0.3 is 5.97 Å². The number of hydrogen-bond acceptors (Lipinski definition) is 5. The Morgan fingerprint density at radius 1 is 1.40 bits per heavy atom. The van der Waals surface area contributed by atoms with E-state index in [1.165, 1.54) is 18.2 Å². The van der Waals surface area contributed by atoms with Gasteiger partial charge in [0.25, 0.3) is 5.69 Å². The van der Waals surface area contributed by atoms with Gasteiger partial charge in [-0.1, -0.05) is 0 Å². The van der Waals surface area contributed by atoms with E-state index in [2.05, 4.69) is 10.2 Å². The van der Waals surface area contributed by atoms with Gasteiger partial charge in [-0.05, 0) is 45.6 Å². The first-order valence-electron chi connectivity index (χ1n) is 6.32. The van der Waals surface area contributed by atoms with Crippen LogP contribution in [0.25, 0.3) is 0 Å². The Labute approximate surface area is 117 Å². The highest BCUT2D eigenvalue weighted by molar-refractivity contribution is 5.90. The minimum atomic E-state index is -1.10. The molecule has 7 nitrogen and oxygen atoms in total. The zero-order valence-corrected chi connectivity index (χ0v) is 11.6. The molecule has 1 aromatic rings. The lowest BCUT2D eigenvalue weighted by Crippen LogP contribution is -2.14. The van der Waals surface area contributed by atoms with Gasteiger partial charge in [-0.3, -0.25) is 10.1 Å². The number of hydrogen-bond donors (Lipinski definition) is 2. The highest BCUT2D eigenvalue weighted by Gasteiger charge is 2.15. The molecule has 0 aromatic heterocycles. The monoisotopic (exact) mass is 281 g/mol. The number of carboxylic acids is 1. The van der Waals surface area contributed by atoms with Crippen LogP contribution in [-0.4, -0.2) is 48.1 Å². The number of anilines is 1. The molecule has 0 unspecified atom stereocenters. The Balaban J connectivity index is 2.68. The molecule has 0 saturated heterocycles. The van der Waals surface area contributed by atoms with Crippen LogP contribution >= 0.6 is 0 Å². The molecule has 0 amide bonds. The van der Waals surface area contributed by atoms with Crippen molar-refractivity contribution in [3.05, 3.63) is 33.9 Å². The molecule has 0 fully saturated rings. The smallest absolute Gasteiger partial charge is 0.335 e. The second-order valence-electron chi connectivity index (χ2n) is 4.73. The number of nitro benzene ring substituents is 1. The number of carbonyl (C=O) groups is 1. The van der Waals surface area contributed by atoms with Gasteiger partial charge in [0.05, 0.1) is 10.5 Å². The molecule has 110 valence electrons. The predicted molar refractivity (Wildman–Crippen MR) is 76.3 cm³/mol. The fourth-order valence-corrected chi connectivity index (χ4v) is 1.75. The van der Waals surface area contributed by atoms with E-state index in [9.17, 15) is 14.9 Å². The van der Waals surface area contributed by atoms with Crippen molar-refractivity contribution in [3.8, 4) is 0 Å². The van der Waals surface area contributed by atoms with Gasteiger partial charge in [0.2, 0.25) is 0 Å². The van der Waals surface area contributed by atoms with Crippen molar-refractivity contribution in [3.63, 3.8) is 0 Å². The lowest BCUT2D eigenvalue weighted by molar-refractivity contribution is -0.384. The van der Waals surface area contributed by atoms with Gasteiger partial charge in [-0.15, -0.1) is 0 Å². The number of nitro groups is 1. The van der Waals surface area contributed by atoms with Crippen LogP contribution in [0.2, 0.25) is 0 Å². The van der Waals surface area contributed by atoms with E-state index < -0.39 is 10.9 Å². The van der Waals surface area contributed by atoms with Crippen molar-refractivity contribution in [1.82, 2.24) is 4.90 Å². The molecule has 0 heterocycles. The highest BCUT2D eigenvalue weighted by Crippen LogP contribution is 2.25. The third-order valence-corrected chi connectivity index (χ3v) is 2.79. The Bertz CT molecular complexity index is 489. The minimum Gasteiger partial charge on any atom is -0.478 e. The van der Waals surface area contributed by atoms with Crippen LogP contribution in [0.1, 0.15) is 23.2 Å². The molecule has 20 heavy (non-hydrogen) atoms. The van der Waals surface area contributed by atoms with Gasteiger partial charge in [0, 0.05) is 12.6 Å². The molecule has 1 rings (SSSR count). The lowest BCUT2D eigenvalue weighted by atomic mass is 10.1. The quantitative estimate of drug-likeness (QED) is 0.430. The Morgan fingerprint density at radius 3 is 2.65 bits per heavy atom.